The number of nitrogens with zero attached hydrogens (tertiary/aromatic N) is 2. The first-order valence-electron chi connectivity index (χ1n) is 9.39. The lowest BCUT2D eigenvalue weighted by Gasteiger charge is -2.24. The van der Waals surface area contributed by atoms with Crippen molar-refractivity contribution in [1.29, 1.82) is 0 Å². The number of aryl methyl sites for hydroxylation is 1. The number of nitrogens with one attached hydrogen (secondary N) is 2. The van der Waals surface area contributed by atoms with Gasteiger partial charge in [-0.3, -0.25) is 14.5 Å². The van der Waals surface area contributed by atoms with E-state index in [1.165, 1.54) is 0 Å². The van der Waals surface area contributed by atoms with Gasteiger partial charge in [0.15, 0.2) is 0 Å². The molecule has 2 N–H and O–H groups in total. The van der Waals surface area contributed by atoms with Crippen LogP contribution in [0.25, 0.3) is 0 Å². The van der Waals surface area contributed by atoms with Crippen molar-refractivity contribution >= 4 is 17.8 Å². The number of carbonyl (C=O) groups excluding carboxylic acids is 3. The van der Waals surface area contributed by atoms with Crippen molar-refractivity contribution in [3.8, 4) is 5.75 Å². The Balaban J connectivity index is 1.94. The Kier molecular flexibility index (Phi) is 7.01. The predicted molar refractivity (Wildman–Crippen MR) is 106 cm³/mol. The Morgan fingerprint density at radius 3 is 2.50 bits per heavy atom. The molecule has 0 aliphatic carbocycles. The van der Waals surface area contributed by atoms with Gasteiger partial charge < -0.3 is 15.4 Å². The molecule has 1 aromatic carbocycles. The highest BCUT2D eigenvalue weighted by Crippen LogP contribution is 2.24. The number of urea groups is 1. The highest BCUT2D eigenvalue weighted by atomic mass is 16.5. The molecule has 0 bridgehead atoms. The van der Waals surface area contributed by atoms with E-state index in [0.29, 0.717) is 12.8 Å². The van der Waals surface area contributed by atoms with Crippen molar-refractivity contribution in [1.82, 2.24) is 20.4 Å². The summed E-state index contributed by atoms with van der Waals surface area (Å²) in [5.41, 5.74) is 0.0999. The van der Waals surface area contributed by atoms with Gasteiger partial charge in [0, 0.05) is 6.04 Å². The molecule has 1 atom stereocenters. The molecule has 1 fully saturated rings. The van der Waals surface area contributed by atoms with Crippen LogP contribution in [0.1, 0.15) is 32.8 Å². The second-order valence-corrected chi connectivity index (χ2v) is 7.72. The van der Waals surface area contributed by atoms with Crippen molar-refractivity contribution in [3.63, 3.8) is 0 Å². The molecule has 0 radical (unpaired) electrons. The van der Waals surface area contributed by atoms with E-state index in [4.69, 9.17) is 4.74 Å². The molecule has 8 nitrogen and oxygen atoms in total. The smallest absolute Gasteiger partial charge is 0.326 e. The Hall–Kier alpha value is -2.61. The van der Waals surface area contributed by atoms with Gasteiger partial charge in [0.05, 0.1) is 20.3 Å². The summed E-state index contributed by atoms with van der Waals surface area (Å²) >= 11 is 0. The summed E-state index contributed by atoms with van der Waals surface area (Å²) in [4.78, 5) is 39.9. The van der Waals surface area contributed by atoms with E-state index < -0.39 is 11.6 Å². The molecular formula is C20H30N4O4. The molecule has 0 saturated carbocycles. The maximum atomic E-state index is 12.9. The molecule has 8 heteroatoms. The highest BCUT2D eigenvalue weighted by Gasteiger charge is 2.47. The van der Waals surface area contributed by atoms with E-state index in [0.717, 1.165) is 16.2 Å². The molecule has 4 amide bonds. The second kappa shape index (κ2) is 9.05. The quantitative estimate of drug-likeness (QED) is 0.621. The van der Waals surface area contributed by atoms with Crippen molar-refractivity contribution in [2.75, 3.05) is 27.4 Å². The van der Waals surface area contributed by atoms with Crippen LogP contribution in [0.4, 0.5) is 4.79 Å². The van der Waals surface area contributed by atoms with Crippen LogP contribution in [-0.4, -0.2) is 66.6 Å². The molecule has 1 saturated heterocycles. The van der Waals surface area contributed by atoms with Crippen LogP contribution in [0, 0.1) is 0 Å². The number of ether oxygens (including phenoxy) is 1. The number of amides is 4. The second-order valence-electron chi connectivity index (χ2n) is 7.72. The van der Waals surface area contributed by atoms with Gasteiger partial charge in [0.25, 0.3) is 5.91 Å². The summed E-state index contributed by atoms with van der Waals surface area (Å²) in [7, 11) is 3.31. The SMILES string of the molecule is COc1ccc(CC[C@@]2(C)NC(=O)N(CN(C)CC(=O)NC(C)C)C2=O)cc1. The minimum Gasteiger partial charge on any atom is -0.497 e. The lowest BCUT2D eigenvalue weighted by molar-refractivity contribution is -0.133. The van der Waals surface area contributed by atoms with Crippen LogP contribution in [0.5, 0.6) is 5.75 Å². The van der Waals surface area contributed by atoms with Gasteiger partial charge >= 0.3 is 6.03 Å². The largest absolute Gasteiger partial charge is 0.497 e. The van der Waals surface area contributed by atoms with Gasteiger partial charge in [0.2, 0.25) is 5.91 Å². The summed E-state index contributed by atoms with van der Waals surface area (Å²) in [6.45, 7) is 5.67. The number of rotatable bonds is 9. The van der Waals surface area contributed by atoms with Crippen LogP contribution >= 0.6 is 0 Å². The van der Waals surface area contributed by atoms with Crippen LogP contribution in [0.2, 0.25) is 0 Å². The standard InChI is InChI=1S/C20H30N4O4/c1-14(2)21-17(25)12-23(4)13-24-18(26)20(3,22-19(24)27)11-10-15-6-8-16(28-5)9-7-15/h6-9,14H,10-13H2,1-5H3,(H,21,25)(H,22,27)/t20-/m1/s1. The van der Waals surface area contributed by atoms with Crippen LogP contribution < -0.4 is 15.4 Å². The normalized spacial score (nSPS) is 19.3. The highest BCUT2D eigenvalue weighted by molar-refractivity contribution is 6.06. The Morgan fingerprint density at radius 2 is 1.93 bits per heavy atom. The van der Waals surface area contributed by atoms with Gasteiger partial charge in [-0.15, -0.1) is 0 Å². The van der Waals surface area contributed by atoms with Gasteiger partial charge in [-0.25, -0.2) is 9.69 Å². The average molecular weight is 390 g/mol. The zero-order valence-electron chi connectivity index (χ0n) is 17.2. The number of likely N-dealkylation sites (N-methyl/N-ethyl adjacent to an activating group) is 1. The zero-order valence-corrected chi connectivity index (χ0v) is 17.2. The monoisotopic (exact) mass is 390 g/mol. The van der Waals surface area contributed by atoms with E-state index in [1.54, 1.807) is 26.0 Å². The van der Waals surface area contributed by atoms with Gasteiger partial charge in [0.1, 0.15) is 11.3 Å². The number of hydrogen-bond donors (Lipinski definition) is 2. The zero-order chi connectivity index (χ0) is 20.9. The van der Waals surface area contributed by atoms with E-state index in [-0.39, 0.29) is 31.1 Å². The number of hydrogen-bond acceptors (Lipinski definition) is 5. The third-order valence-corrected chi connectivity index (χ3v) is 4.66. The minimum absolute atomic E-state index is 0.0406. The molecule has 1 aliphatic heterocycles. The predicted octanol–water partition coefficient (Wildman–Crippen LogP) is 1.35. The van der Waals surface area contributed by atoms with E-state index >= 15 is 0 Å². The number of carbonyl (C=O) groups is 3. The minimum atomic E-state index is -0.960. The first-order valence-corrected chi connectivity index (χ1v) is 9.39. The molecule has 1 aliphatic rings. The molecule has 0 unspecified atom stereocenters. The first-order chi connectivity index (χ1) is 13.1. The number of benzene rings is 1. The van der Waals surface area contributed by atoms with Crippen molar-refractivity contribution in [2.24, 2.45) is 0 Å². The maximum absolute atomic E-state index is 12.9. The maximum Gasteiger partial charge on any atom is 0.326 e. The molecule has 2 rings (SSSR count). The molecular weight excluding hydrogens is 360 g/mol. The topological polar surface area (TPSA) is 91.0 Å². The molecule has 0 aromatic heterocycles. The van der Waals surface area contributed by atoms with Crippen LogP contribution in [0.15, 0.2) is 24.3 Å². The Bertz CT molecular complexity index is 719. The lowest BCUT2D eigenvalue weighted by atomic mass is 9.93. The third-order valence-electron chi connectivity index (χ3n) is 4.66. The summed E-state index contributed by atoms with van der Waals surface area (Å²) in [6.07, 6.45) is 1.13. The fourth-order valence-corrected chi connectivity index (χ4v) is 3.14. The molecule has 1 heterocycles. The summed E-state index contributed by atoms with van der Waals surface area (Å²) in [5, 5.41) is 5.59. The van der Waals surface area contributed by atoms with Crippen molar-refractivity contribution < 1.29 is 19.1 Å². The average Bonchev–Trinajstić information content (AvgIpc) is 2.83. The van der Waals surface area contributed by atoms with E-state index in [1.807, 2.05) is 38.1 Å². The Morgan fingerprint density at radius 1 is 1.29 bits per heavy atom. The fourth-order valence-electron chi connectivity index (χ4n) is 3.14. The Labute approximate surface area is 166 Å². The van der Waals surface area contributed by atoms with Crippen LogP contribution in [-0.2, 0) is 16.0 Å². The summed E-state index contributed by atoms with van der Waals surface area (Å²) in [6, 6.07) is 7.24. The van der Waals surface area contributed by atoms with Crippen molar-refractivity contribution in [2.45, 2.75) is 45.2 Å². The van der Waals surface area contributed by atoms with Gasteiger partial charge in [-0.1, -0.05) is 12.1 Å². The van der Waals surface area contributed by atoms with E-state index in [2.05, 4.69) is 10.6 Å². The molecule has 0 spiro atoms. The summed E-state index contributed by atoms with van der Waals surface area (Å²) in [5.74, 6) is 0.352. The van der Waals surface area contributed by atoms with Crippen molar-refractivity contribution in [3.05, 3.63) is 29.8 Å². The number of imide groups is 1. The third kappa shape index (κ3) is 5.45. The van der Waals surface area contributed by atoms with Gasteiger partial charge in [-0.2, -0.15) is 0 Å². The summed E-state index contributed by atoms with van der Waals surface area (Å²) < 4.78 is 5.15. The van der Waals surface area contributed by atoms with E-state index in [9.17, 15) is 14.4 Å². The molecule has 154 valence electrons. The molecule has 1 aromatic rings. The fraction of sp³-hybridized carbons (Fsp3) is 0.550. The lowest BCUT2D eigenvalue weighted by Crippen LogP contribution is -2.47. The molecule has 28 heavy (non-hydrogen) atoms. The first kappa shape index (κ1) is 21.7. The van der Waals surface area contributed by atoms with Crippen LogP contribution in [0.3, 0.4) is 0 Å². The number of methoxy groups -OCH3 is 1. The van der Waals surface area contributed by atoms with Gasteiger partial charge in [-0.05, 0) is 58.4 Å².